The Bertz CT molecular complexity index is 572. The smallest absolute Gasteiger partial charge is 0.348 e. The topological polar surface area (TPSA) is 101 Å². The largest absolute Gasteiger partial charge is 0.367 e. The highest BCUT2D eigenvalue weighted by Gasteiger charge is 2.13. The Morgan fingerprint density at radius 3 is 3.00 bits per heavy atom. The quantitative estimate of drug-likeness (QED) is 0.704. The van der Waals surface area contributed by atoms with Crippen LogP contribution in [-0.2, 0) is 0 Å². The number of rotatable bonds is 5. The predicted molar refractivity (Wildman–Crippen MR) is 69.5 cm³/mol. The molecular formula is C11H18N6O. The van der Waals surface area contributed by atoms with Crippen LogP contribution in [0.15, 0.2) is 17.2 Å². The van der Waals surface area contributed by atoms with Crippen LogP contribution in [0.3, 0.4) is 0 Å². The van der Waals surface area contributed by atoms with Gasteiger partial charge in [0.25, 0.3) is 0 Å². The van der Waals surface area contributed by atoms with Gasteiger partial charge in [0.05, 0.1) is 0 Å². The first-order valence-corrected chi connectivity index (χ1v) is 6.01. The summed E-state index contributed by atoms with van der Waals surface area (Å²) in [6.07, 6.45) is 2.33. The van der Waals surface area contributed by atoms with Gasteiger partial charge in [-0.2, -0.15) is 5.10 Å². The van der Waals surface area contributed by atoms with Crippen molar-refractivity contribution in [2.75, 3.05) is 11.9 Å². The van der Waals surface area contributed by atoms with Gasteiger partial charge in [0.15, 0.2) is 5.65 Å². The lowest BCUT2D eigenvalue weighted by Crippen LogP contribution is -2.29. The van der Waals surface area contributed by atoms with E-state index in [0.29, 0.717) is 23.9 Å². The highest BCUT2D eigenvalue weighted by molar-refractivity contribution is 5.48. The Labute approximate surface area is 104 Å². The maximum absolute atomic E-state index is 11.3. The van der Waals surface area contributed by atoms with Crippen molar-refractivity contribution in [1.29, 1.82) is 0 Å². The van der Waals surface area contributed by atoms with Crippen LogP contribution in [0.4, 0.5) is 5.82 Å². The van der Waals surface area contributed by atoms with Crippen molar-refractivity contribution in [1.82, 2.24) is 19.6 Å². The fourth-order valence-electron chi connectivity index (χ4n) is 1.83. The average Bonchev–Trinajstić information content (AvgIpc) is 2.70. The molecule has 0 aliphatic carbocycles. The van der Waals surface area contributed by atoms with Crippen molar-refractivity contribution in [2.24, 2.45) is 11.7 Å². The van der Waals surface area contributed by atoms with Gasteiger partial charge in [-0.3, -0.25) is 0 Å². The number of H-pyrrole nitrogens is 1. The van der Waals surface area contributed by atoms with E-state index < -0.39 is 0 Å². The summed E-state index contributed by atoms with van der Waals surface area (Å²) in [6.45, 7) is 4.88. The van der Waals surface area contributed by atoms with E-state index in [1.807, 2.05) is 0 Å². The molecule has 2 aromatic heterocycles. The SMILES string of the molecule is CC(C)C(CCN)Nc1cc2n[nH]c(=O)n2cn1. The fourth-order valence-corrected chi connectivity index (χ4v) is 1.83. The second kappa shape index (κ2) is 5.18. The molecule has 0 saturated heterocycles. The molecule has 0 spiro atoms. The van der Waals surface area contributed by atoms with E-state index >= 15 is 0 Å². The normalized spacial score (nSPS) is 13.1. The molecule has 1 unspecified atom stereocenters. The standard InChI is InChI=1S/C11H18N6O/c1-7(2)8(3-4-12)14-9-5-10-15-16-11(18)17(10)6-13-9/h5-8,14H,3-4,12H2,1-2H3,(H,16,18). The molecule has 7 nitrogen and oxygen atoms in total. The molecule has 2 heterocycles. The maximum atomic E-state index is 11.3. The third-order valence-electron chi connectivity index (χ3n) is 2.93. The van der Waals surface area contributed by atoms with Crippen LogP contribution < -0.4 is 16.7 Å². The lowest BCUT2D eigenvalue weighted by molar-refractivity contribution is 0.497. The summed E-state index contributed by atoms with van der Waals surface area (Å²) in [5.74, 6) is 1.15. The Balaban J connectivity index is 2.22. The molecule has 2 aromatic rings. The predicted octanol–water partition coefficient (Wildman–Crippen LogP) is 0.203. The average molecular weight is 250 g/mol. The monoisotopic (exact) mass is 250 g/mol. The highest BCUT2D eigenvalue weighted by Crippen LogP contribution is 2.13. The van der Waals surface area contributed by atoms with E-state index in [9.17, 15) is 4.79 Å². The summed E-state index contributed by atoms with van der Waals surface area (Å²) in [5.41, 5.74) is 5.85. The number of fused-ring (bicyclic) bond motifs is 1. The zero-order valence-electron chi connectivity index (χ0n) is 10.6. The fraction of sp³-hybridized carbons (Fsp3) is 0.545. The molecule has 0 fully saturated rings. The van der Waals surface area contributed by atoms with Crippen LogP contribution in [0.5, 0.6) is 0 Å². The van der Waals surface area contributed by atoms with E-state index in [1.54, 1.807) is 6.07 Å². The number of nitrogens with zero attached hydrogens (tertiary/aromatic N) is 3. The van der Waals surface area contributed by atoms with Crippen LogP contribution in [-0.4, -0.2) is 32.2 Å². The van der Waals surface area contributed by atoms with Gasteiger partial charge in [0.1, 0.15) is 12.1 Å². The van der Waals surface area contributed by atoms with Crippen LogP contribution in [0.25, 0.3) is 5.65 Å². The molecule has 0 amide bonds. The molecule has 1 atom stereocenters. The summed E-state index contributed by atoms with van der Waals surface area (Å²) < 4.78 is 1.36. The minimum atomic E-state index is -0.286. The van der Waals surface area contributed by atoms with Gasteiger partial charge in [-0.1, -0.05) is 13.8 Å². The van der Waals surface area contributed by atoms with Crippen molar-refractivity contribution >= 4 is 11.5 Å². The van der Waals surface area contributed by atoms with Crippen molar-refractivity contribution in [2.45, 2.75) is 26.3 Å². The first-order valence-electron chi connectivity index (χ1n) is 6.01. The number of aromatic amines is 1. The molecular weight excluding hydrogens is 232 g/mol. The minimum absolute atomic E-state index is 0.260. The van der Waals surface area contributed by atoms with E-state index in [0.717, 1.165) is 6.42 Å². The van der Waals surface area contributed by atoms with Crippen molar-refractivity contribution in [3.63, 3.8) is 0 Å². The van der Waals surface area contributed by atoms with E-state index in [4.69, 9.17) is 5.73 Å². The third-order valence-corrected chi connectivity index (χ3v) is 2.93. The summed E-state index contributed by atoms with van der Waals surface area (Å²) in [4.78, 5) is 15.5. The second-order valence-corrected chi connectivity index (χ2v) is 4.60. The third kappa shape index (κ3) is 2.51. The van der Waals surface area contributed by atoms with Gasteiger partial charge in [0.2, 0.25) is 0 Å². The molecule has 0 bridgehead atoms. The lowest BCUT2D eigenvalue weighted by Gasteiger charge is -2.22. The molecule has 0 aliphatic rings. The first kappa shape index (κ1) is 12.6. The molecule has 7 heteroatoms. The van der Waals surface area contributed by atoms with E-state index in [-0.39, 0.29) is 11.7 Å². The Morgan fingerprint density at radius 2 is 2.33 bits per heavy atom. The Morgan fingerprint density at radius 1 is 1.56 bits per heavy atom. The van der Waals surface area contributed by atoms with Crippen LogP contribution in [0, 0.1) is 5.92 Å². The van der Waals surface area contributed by atoms with Gasteiger partial charge >= 0.3 is 5.69 Å². The van der Waals surface area contributed by atoms with Crippen molar-refractivity contribution in [3.8, 4) is 0 Å². The summed E-state index contributed by atoms with van der Waals surface area (Å²) in [7, 11) is 0. The lowest BCUT2D eigenvalue weighted by atomic mass is 10.0. The summed E-state index contributed by atoms with van der Waals surface area (Å²) in [6, 6.07) is 2.00. The van der Waals surface area contributed by atoms with Gasteiger partial charge < -0.3 is 11.1 Å². The Hall–Kier alpha value is -1.89. The Kier molecular flexibility index (Phi) is 3.61. The number of nitrogens with one attached hydrogen (secondary N) is 2. The van der Waals surface area contributed by atoms with E-state index in [1.165, 1.54) is 10.7 Å². The number of hydrogen-bond acceptors (Lipinski definition) is 5. The minimum Gasteiger partial charge on any atom is -0.367 e. The molecule has 18 heavy (non-hydrogen) atoms. The zero-order valence-corrected chi connectivity index (χ0v) is 10.6. The molecule has 0 aliphatic heterocycles. The van der Waals surface area contributed by atoms with Crippen molar-refractivity contribution in [3.05, 3.63) is 22.9 Å². The number of anilines is 1. The number of nitrogens with two attached hydrogens (primary N) is 1. The molecule has 0 aromatic carbocycles. The van der Waals surface area contributed by atoms with Crippen LogP contribution >= 0.6 is 0 Å². The highest BCUT2D eigenvalue weighted by atomic mass is 16.1. The van der Waals surface area contributed by atoms with Gasteiger partial charge in [-0.15, -0.1) is 0 Å². The number of aromatic nitrogens is 4. The summed E-state index contributed by atoms with van der Waals surface area (Å²) in [5, 5.41) is 9.59. The molecule has 0 saturated carbocycles. The second-order valence-electron chi connectivity index (χ2n) is 4.60. The van der Waals surface area contributed by atoms with E-state index in [2.05, 4.69) is 34.3 Å². The summed E-state index contributed by atoms with van der Waals surface area (Å²) >= 11 is 0. The van der Waals surface area contributed by atoms with Crippen molar-refractivity contribution < 1.29 is 0 Å². The maximum Gasteiger partial charge on any atom is 0.348 e. The van der Waals surface area contributed by atoms with Gasteiger partial charge in [-0.25, -0.2) is 19.3 Å². The first-order chi connectivity index (χ1) is 8.61. The van der Waals surface area contributed by atoms with Crippen LogP contribution in [0.2, 0.25) is 0 Å². The molecule has 98 valence electrons. The van der Waals surface area contributed by atoms with Gasteiger partial charge in [0, 0.05) is 12.1 Å². The molecule has 0 radical (unpaired) electrons. The number of hydrogen-bond donors (Lipinski definition) is 3. The zero-order chi connectivity index (χ0) is 13.1. The van der Waals surface area contributed by atoms with Gasteiger partial charge in [-0.05, 0) is 18.9 Å². The molecule has 2 rings (SSSR count). The van der Waals surface area contributed by atoms with Crippen LogP contribution in [0.1, 0.15) is 20.3 Å². The molecule has 4 N–H and O–H groups in total.